The van der Waals surface area contributed by atoms with Crippen molar-refractivity contribution in [3.63, 3.8) is 0 Å². The molecule has 1 aliphatic carbocycles. The number of rotatable bonds is 5. The molecule has 0 amide bonds. The number of ether oxygens (including phenoxy) is 1. The molecule has 0 saturated heterocycles. The first-order valence-corrected chi connectivity index (χ1v) is 10.1. The average molecular weight is 379 g/mol. The highest BCUT2D eigenvalue weighted by molar-refractivity contribution is 7.89. The van der Waals surface area contributed by atoms with Gasteiger partial charge >= 0.3 is 6.01 Å². The molecule has 0 bridgehead atoms. The van der Waals surface area contributed by atoms with Gasteiger partial charge in [-0.1, -0.05) is 0 Å². The molecule has 26 heavy (non-hydrogen) atoms. The maximum Gasteiger partial charge on any atom is 0.317 e. The van der Waals surface area contributed by atoms with Gasteiger partial charge in [0.25, 0.3) is 0 Å². The van der Waals surface area contributed by atoms with Crippen LogP contribution >= 0.6 is 0 Å². The van der Waals surface area contributed by atoms with Gasteiger partial charge in [0.1, 0.15) is 11.9 Å². The Morgan fingerprint density at radius 2 is 1.62 bits per heavy atom. The SMILES string of the molecule is Cc1cc(C)nc(OC2CCC(NS(=O)(=O)c3ccc(F)cc3)CC2)n1. The molecular formula is C18H22FN3O3S. The summed E-state index contributed by atoms with van der Waals surface area (Å²) in [5.41, 5.74) is 1.71. The number of hydrogen-bond donors (Lipinski definition) is 1. The number of benzene rings is 1. The van der Waals surface area contributed by atoms with Gasteiger partial charge in [0.2, 0.25) is 10.0 Å². The van der Waals surface area contributed by atoms with Gasteiger partial charge < -0.3 is 4.74 Å². The first-order valence-electron chi connectivity index (χ1n) is 8.59. The Kier molecular flexibility index (Phi) is 5.52. The summed E-state index contributed by atoms with van der Waals surface area (Å²) in [4.78, 5) is 8.63. The summed E-state index contributed by atoms with van der Waals surface area (Å²) >= 11 is 0. The minimum absolute atomic E-state index is 0.0252. The van der Waals surface area contributed by atoms with Gasteiger partial charge in [-0.2, -0.15) is 0 Å². The Morgan fingerprint density at radius 3 is 2.19 bits per heavy atom. The molecule has 0 atom stereocenters. The highest BCUT2D eigenvalue weighted by Gasteiger charge is 2.27. The van der Waals surface area contributed by atoms with Crippen molar-refractivity contribution in [3.05, 3.63) is 47.5 Å². The molecule has 1 aliphatic rings. The Hall–Kier alpha value is -2.06. The van der Waals surface area contributed by atoms with E-state index in [0.29, 0.717) is 31.7 Å². The molecular weight excluding hydrogens is 357 g/mol. The quantitative estimate of drug-likeness (QED) is 0.864. The zero-order valence-corrected chi connectivity index (χ0v) is 15.6. The molecule has 140 valence electrons. The van der Waals surface area contributed by atoms with Crippen LogP contribution in [0.5, 0.6) is 6.01 Å². The minimum Gasteiger partial charge on any atom is -0.460 e. The third-order valence-electron chi connectivity index (χ3n) is 4.35. The second kappa shape index (κ2) is 7.67. The summed E-state index contributed by atoms with van der Waals surface area (Å²) in [5.74, 6) is -0.463. The Bertz CT molecular complexity index is 844. The third kappa shape index (κ3) is 4.76. The predicted molar refractivity (Wildman–Crippen MR) is 94.9 cm³/mol. The van der Waals surface area contributed by atoms with Crippen molar-refractivity contribution >= 4 is 10.0 Å². The number of nitrogens with one attached hydrogen (secondary N) is 1. The molecule has 8 heteroatoms. The summed E-state index contributed by atoms with van der Waals surface area (Å²) in [6.45, 7) is 3.78. The van der Waals surface area contributed by atoms with Crippen LogP contribution < -0.4 is 9.46 Å². The van der Waals surface area contributed by atoms with E-state index in [2.05, 4.69) is 14.7 Å². The van der Waals surface area contributed by atoms with E-state index in [9.17, 15) is 12.8 Å². The molecule has 0 radical (unpaired) electrons. The average Bonchev–Trinajstić information content (AvgIpc) is 2.56. The predicted octanol–water partition coefficient (Wildman–Crippen LogP) is 2.90. The monoisotopic (exact) mass is 379 g/mol. The summed E-state index contributed by atoms with van der Waals surface area (Å²) in [7, 11) is -3.65. The number of halogens is 1. The zero-order valence-electron chi connectivity index (χ0n) is 14.8. The number of nitrogens with zero attached hydrogens (tertiary/aromatic N) is 2. The van der Waals surface area contributed by atoms with Gasteiger partial charge in [-0.25, -0.2) is 27.5 Å². The largest absolute Gasteiger partial charge is 0.460 e. The summed E-state index contributed by atoms with van der Waals surface area (Å²) in [6, 6.07) is 6.91. The van der Waals surface area contributed by atoms with Crippen LogP contribution in [0.15, 0.2) is 35.2 Å². The molecule has 1 aromatic heterocycles. The molecule has 2 aromatic rings. The standard InChI is InChI=1S/C18H22FN3O3S/c1-12-11-13(2)21-18(20-12)25-16-7-5-15(6-8-16)22-26(23,24)17-9-3-14(19)4-10-17/h3-4,9-11,15-16,22H,5-8H2,1-2H3. The lowest BCUT2D eigenvalue weighted by Gasteiger charge is -2.28. The van der Waals surface area contributed by atoms with Crippen molar-refractivity contribution in [2.75, 3.05) is 0 Å². The summed E-state index contributed by atoms with van der Waals surface area (Å²) in [5, 5.41) is 0. The van der Waals surface area contributed by atoms with Crippen molar-refractivity contribution in [2.24, 2.45) is 0 Å². The third-order valence-corrected chi connectivity index (χ3v) is 5.89. The van der Waals surface area contributed by atoms with Gasteiger partial charge in [0, 0.05) is 17.4 Å². The van der Waals surface area contributed by atoms with Crippen LogP contribution in [0.2, 0.25) is 0 Å². The molecule has 1 aromatic carbocycles. The van der Waals surface area contributed by atoms with E-state index >= 15 is 0 Å². The Morgan fingerprint density at radius 1 is 1.04 bits per heavy atom. The van der Waals surface area contributed by atoms with E-state index in [4.69, 9.17) is 4.74 Å². The molecule has 0 spiro atoms. The highest BCUT2D eigenvalue weighted by atomic mass is 32.2. The van der Waals surface area contributed by atoms with Crippen LogP contribution in [0.25, 0.3) is 0 Å². The fourth-order valence-corrected chi connectivity index (χ4v) is 4.40. The van der Waals surface area contributed by atoms with E-state index in [1.807, 2.05) is 19.9 Å². The fraction of sp³-hybridized carbons (Fsp3) is 0.444. The molecule has 0 aliphatic heterocycles. The second-order valence-corrected chi connectivity index (χ2v) is 8.31. The lowest BCUT2D eigenvalue weighted by atomic mass is 9.94. The lowest BCUT2D eigenvalue weighted by Crippen LogP contribution is -2.39. The maximum atomic E-state index is 13.0. The number of sulfonamides is 1. The van der Waals surface area contributed by atoms with Gasteiger partial charge in [-0.05, 0) is 69.9 Å². The van der Waals surface area contributed by atoms with Crippen LogP contribution in [0.1, 0.15) is 37.1 Å². The van der Waals surface area contributed by atoms with Crippen molar-refractivity contribution in [1.29, 1.82) is 0 Å². The van der Waals surface area contributed by atoms with Crippen molar-refractivity contribution in [3.8, 4) is 6.01 Å². The molecule has 0 unspecified atom stereocenters. The number of aromatic nitrogens is 2. The lowest BCUT2D eigenvalue weighted by molar-refractivity contribution is 0.131. The van der Waals surface area contributed by atoms with Crippen LogP contribution in [-0.4, -0.2) is 30.5 Å². The highest BCUT2D eigenvalue weighted by Crippen LogP contribution is 2.24. The van der Waals surface area contributed by atoms with E-state index in [1.165, 1.54) is 12.1 Å². The molecule has 6 nitrogen and oxygen atoms in total. The first-order chi connectivity index (χ1) is 12.3. The van der Waals surface area contributed by atoms with Gasteiger partial charge in [0.05, 0.1) is 4.90 Å². The Labute approximate surface area is 152 Å². The van der Waals surface area contributed by atoms with Gasteiger partial charge in [-0.3, -0.25) is 0 Å². The van der Waals surface area contributed by atoms with Gasteiger partial charge in [-0.15, -0.1) is 0 Å². The smallest absolute Gasteiger partial charge is 0.317 e. The number of hydrogen-bond acceptors (Lipinski definition) is 5. The number of aryl methyl sites for hydroxylation is 2. The summed E-state index contributed by atoms with van der Waals surface area (Å²) < 4.78 is 46.3. The van der Waals surface area contributed by atoms with Crippen LogP contribution in [0, 0.1) is 19.7 Å². The van der Waals surface area contributed by atoms with Crippen molar-refractivity contribution in [2.45, 2.75) is 56.6 Å². The van der Waals surface area contributed by atoms with Crippen LogP contribution in [0.4, 0.5) is 4.39 Å². The van der Waals surface area contributed by atoms with E-state index in [0.717, 1.165) is 23.5 Å². The van der Waals surface area contributed by atoms with Crippen LogP contribution in [0.3, 0.4) is 0 Å². The van der Waals surface area contributed by atoms with E-state index < -0.39 is 15.8 Å². The Balaban J connectivity index is 1.55. The minimum atomic E-state index is -3.65. The van der Waals surface area contributed by atoms with E-state index in [1.54, 1.807) is 0 Å². The first kappa shape index (κ1) is 18.7. The van der Waals surface area contributed by atoms with Crippen LogP contribution in [-0.2, 0) is 10.0 Å². The van der Waals surface area contributed by atoms with Gasteiger partial charge in [0.15, 0.2) is 0 Å². The molecule has 1 saturated carbocycles. The normalized spacial score (nSPS) is 20.7. The van der Waals surface area contributed by atoms with Crippen molar-refractivity contribution < 1.29 is 17.5 Å². The van der Waals surface area contributed by atoms with E-state index in [-0.39, 0.29) is 17.0 Å². The molecule has 3 rings (SSSR count). The molecule has 1 N–H and O–H groups in total. The maximum absolute atomic E-state index is 13.0. The summed E-state index contributed by atoms with van der Waals surface area (Å²) in [6.07, 6.45) is 2.73. The topological polar surface area (TPSA) is 81.2 Å². The fourth-order valence-electron chi connectivity index (χ4n) is 3.10. The molecule has 1 fully saturated rings. The van der Waals surface area contributed by atoms with Crippen molar-refractivity contribution in [1.82, 2.24) is 14.7 Å². The molecule has 1 heterocycles. The second-order valence-electron chi connectivity index (χ2n) is 6.60. The zero-order chi connectivity index (χ0) is 18.7.